The van der Waals surface area contributed by atoms with Crippen molar-refractivity contribution in [2.75, 3.05) is 13.7 Å². The second-order valence-corrected chi connectivity index (χ2v) is 13.1. The van der Waals surface area contributed by atoms with Gasteiger partial charge in [-0.3, -0.25) is 19.7 Å². The second-order valence-electron chi connectivity index (χ2n) is 13.1. The molecule has 43 heavy (non-hydrogen) atoms. The number of phenolic OH excluding ortho intramolecular Hbond substituents is 1. The van der Waals surface area contributed by atoms with E-state index in [1.165, 1.54) is 13.2 Å². The fraction of sp³-hybridized carbons (Fsp3) is 0.719. The van der Waals surface area contributed by atoms with Gasteiger partial charge in [0.2, 0.25) is 11.8 Å². The molecule has 2 unspecified atom stereocenters. The molecule has 0 bridgehead atoms. The predicted molar refractivity (Wildman–Crippen MR) is 157 cm³/mol. The van der Waals surface area contributed by atoms with Gasteiger partial charge in [0.25, 0.3) is 0 Å². The highest BCUT2D eigenvalue weighted by molar-refractivity contribution is 5.98. The molecule has 1 aromatic carbocycles. The number of aliphatic hydroxyl groups excluding tert-OH is 1. The first-order chi connectivity index (χ1) is 20.6. The Morgan fingerprint density at radius 2 is 1.72 bits per heavy atom. The minimum Gasteiger partial charge on any atom is -0.504 e. The van der Waals surface area contributed by atoms with E-state index in [9.17, 15) is 24.6 Å². The van der Waals surface area contributed by atoms with E-state index in [2.05, 4.69) is 16.0 Å². The summed E-state index contributed by atoms with van der Waals surface area (Å²) < 4.78 is 16.4. The highest BCUT2D eigenvalue weighted by atomic mass is 16.6. The quantitative estimate of drug-likeness (QED) is 0.201. The topological polar surface area (TPSA) is 162 Å². The average Bonchev–Trinajstić information content (AvgIpc) is 3.87. The monoisotopic (exact) mass is 601 g/mol. The summed E-state index contributed by atoms with van der Waals surface area (Å²) in [5, 5.41) is 29.2. The summed E-state index contributed by atoms with van der Waals surface area (Å²) in [6, 6.07) is 2.51. The highest BCUT2D eigenvalue weighted by Crippen LogP contribution is 2.38. The molecular formula is C32H47N3O8. The van der Waals surface area contributed by atoms with Crippen molar-refractivity contribution in [1.29, 1.82) is 0 Å². The van der Waals surface area contributed by atoms with Crippen molar-refractivity contribution in [2.24, 2.45) is 11.8 Å². The number of epoxide rings is 2. The Labute approximate surface area is 253 Å². The lowest BCUT2D eigenvalue weighted by atomic mass is 9.85. The molecule has 6 atom stereocenters. The van der Waals surface area contributed by atoms with Crippen LogP contribution in [-0.4, -0.2) is 83.7 Å². The van der Waals surface area contributed by atoms with Crippen LogP contribution in [0.4, 0.5) is 0 Å². The van der Waals surface area contributed by atoms with E-state index in [1.807, 2.05) is 0 Å². The maximum Gasteiger partial charge on any atom is 0.243 e. The third-order valence-corrected chi connectivity index (χ3v) is 9.63. The average molecular weight is 602 g/mol. The molecule has 4 aliphatic rings. The molecule has 2 heterocycles. The Balaban J connectivity index is 1.25. The molecule has 5 N–H and O–H groups in total. The first-order valence-corrected chi connectivity index (χ1v) is 15.8. The molecule has 2 saturated heterocycles. The number of benzene rings is 1. The van der Waals surface area contributed by atoms with Crippen molar-refractivity contribution in [2.45, 2.75) is 120 Å². The fourth-order valence-corrected chi connectivity index (χ4v) is 6.68. The van der Waals surface area contributed by atoms with Gasteiger partial charge in [-0.05, 0) is 75.5 Å². The fourth-order valence-electron chi connectivity index (χ4n) is 6.68. The molecule has 0 aromatic heterocycles. The molecule has 4 fully saturated rings. The standard InChI is InChI=1S/C32H47N3O8/c1-18(33-31-27(43-31)21-9-11-22(36)12-10-21)29(39)35-24(15-20-8-13-26(41-3)25(37)16-20)30(40)34-23(14-19-6-4-5-7-19)28(38)32(2)17-42-32/h8,13,16,18-19,21-24,27,31,33,36-37H,4-7,9-12,14-15,17H2,1-3H3,(H,34,40)(H,35,39)/t18-,21?,22?,23+,24+,27?,31?,32-/m1/s1. The number of phenols is 1. The van der Waals surface area contributed by atoms with Crippen LogP contribution in [0.3, 0.4) is 0 Å². The molecule has 0 radical (unpaired) electrons. The Hall–Kier alpha value is -2.73. The van der Waals surface area contributed by atoms with E-state index < -0.39 is 29.6 Å². The Morgan fingerprint density at radius 3 is 2.35 bits per heavy atom. The molecule has 2 saturated carbocycles. The lowest BCUT2D eigenvalue weighted by molar-refractivity contribution is -0.133. The number of hydrogen-bond donors (Lipinski definition) is 5. The van der Waals surface area contributed by atoms with E-state index >= 15 is 0 Å². The van der Waals surface area contributed by atoms with Gasteiger partial charge in [-0.1, -0.05) is 31.7 Å². The van der Waals surface area contributed by atoms with Crippen molar-refractivity contribution in [3.05, 3.63) is 23.8 Å². The second kappa shape index (κ2) is 13.5. The van der Waals surface area contributed by atoms with E-state index in [0.717, 1.165) is 51.4 Å². The number of ether oxygens (including phenoxy) is 3. The van der Waals surface area contributed by atoms with Crippen LogP contribution in [0.1, 0.15) is 77.2 Å². The molecule has 238 valence electrons. The van der Waals surface area contributed by atoms with Gasteiger partial charge in [-0.25, -0.2) is 0 Å². The summed E-state index contributed by atoms with van der Waals surface area (Å²) in [5.41, 5.74) is -0.257. The maximum absolute atomic E-state index is 13.8. The summed E-state index contributed by atoms with van der Waals surface area (Å²) in [6.45, 7) is 3.81. The predicted octanol–water partition coefficient (Wildman–Crippen LogP) is 2.11. The van der Waals surface area contributed by atoms with E-state index in [1.54, 1.807) is 26.0 Å². The number of nitrogens with one attached hydrogen (secondary N) is 3. The zero-order chi connectivity index (χ0) is 30.7. The van der Waals surface area contributed by atoms with Crippen LogP contribution in [0.15, 0.2) is 18.2 Å². The molecule has 2 amide bonds. The molecular weight excluding hydrogens is 554 g/mol. The molecule has 2 aliphatic heterocycles. The summed E-state index contributed by atoms with van der Waals surface area (Å²) in [5.74, 6) is -0.0311. The highest BCUT2D eigenvalue weighted by Gasteiger charge is 2.51. The van der Waals surface area contributed by atoms with Gasteiger partial charge >= 0.3 is 0 Å². The molecule has 5 rings (SSSR count). The Bertz CT molecular complexity index is 1160. The van der Waals surface area contributed by atoms with Gasteiger partial charge < -0.3 is 35.1 Å². The Morgan fingerprint density at radius 1 is 1.05 bits per heavy atom. The van der Waals surface area contributed by atoms with Gasteiger partial charge in [-0.2, -0.15) is 0 Å². The zero-order valence-corrected chi connectivity index (χ0v) is 25.5. The smallest absolute Gasteiger partial charge is 0.243 e. The number of aliphatic hydroxyl groups is 1. The SMILES string of the molecule is COc1ccc(C[C@H](NC(=O)[C@@H](C)NC2OC2C2CCC(O)CC2)C(=O)N[C@@H](CC2CCCC2)C(=O)[C@@]2(C)CO2)cc1O. The minimum atomic E-state index is -0.993. The molecule has 11 heteroatoms. The third-order valence-electron chi connectivity index (χ3n) is 9.63. The van der Waals surface area contributed by atoms with Crippen LogP contribution in [0.25, 0.3) is 0 Å². The number of ketones is 1. The molecule has 1 aromatic rings. The number of carbonyl (C=O) groups excluding carboxylic acids is 3. The van der Waals surface area contributed by atoms with Crippen LogP contribution in [-0.2, 0) is 30.3 Å². The molecule has 0 spiro atoms. The number of methoxy groups -OCH3 is 1. The van der Waals surface area contributed by atoms with Crippen LogP contribution in [0.5, 0.6) is 11.5 Å². The van der Waals surface area contributed by atoms with Crippen molar-refractivity contribution >= 4 is 17.6 Å². The number of carbonyl (C=O) groups is 3. The lowest BCUT2D eigenvalue weighted by Crippen LogP contribution is -2.57. The minimum absolute atomic E-state index is 0.0116. The normalized spacial score (nSPS) is 30.6. The molecule has 2 aliphatic carbocycles. The van der Waals surface area contributed by atoms with E-state index in [0.29, 0.717) is 36.2 Å². The summed E-state index contributed by atoms with van der Waals surface area (Å²) >= 11 is 0. The lowest BCUT2D eigenvalue weighted by Gasteiger charge is -2.27. The van der Waals surface area contributed by atoms with Gasteiger partial charge in [0, 0.05) is 6.42 Å². The first-order valence-electron chi connectivity index (χ1n) is 15.8. The zero-order valence-electron chi connectivity index (χ0n) is 25.5. The number of hydrogen-bond acceptors (Lipinski definition) is 9. The maximum atomic E-state index is 13.8. The van der Waals surface area contributed by atoms with E-state index in [-0.39, 0.29) is 42.3 Å². The summed E-state index contributed by atoms with van der Waals surface area (Å²) in [6.07, 6.45) is 7.77. The van der Waals surface area contributed by atoms with Crippen molar-refractivity contribution in [3.8, 4) is 11.5 Å². The van der Waals surface area contributed by atoms with Crippen LogP contribution >= 0.6 is 0 Å². The number of amides is 2. The van der Waals surface area contributed by atoms with Crippen molar-refractivity contribution in [1.82, 2.24) is 16.0 Å². The van der Waals surface area contributed by atoms with E-state index in [4.69, 9.17) is 14.2 Å². The van der Waals surface area contributed by atoms with Crippen LogP contribution in [0, 0.1) is 11.8 Å². The number of Topliss-reactive ketones (excluding diaryl/α,β-unsaturated/α-hetero) is 1. The van der Waals surface area contributed by atoms with Crippen molar-refractivity contribution in [3.63, 3.8) is 0 Å². The van der Waals surface area contributed by atoms with Gasteiger partial charge in [0.05, 0.1) is 31.9 Å². The van der Waals surface area contributed by atoms with Crippen LogP contribution < -0.4 is 20.7 Å². The summed E-state index contributed by atoms with van der Waals surface area (Å²) in [7, 11) is 1.46. The van der Waals surface area contributed by atoms with Crippen LogP contribution in [0.2, 0.25) is 0 Å². The first kappa shape index (κ1) is 31.7. The van der Waals surface area contributed by atoms with Gasteiger partial charge in [0.1, 0.15) is 24.0 Å². The number of aromatic hydroxyl groups is 1. The van der Waals surface area contributed by atoms with Gasteiger partial charge in [0.15, 0.2) is 17.3 Å². The van der Waals surface area contributed by atoms with Gasteiger partial charge in [-0.15, -0.1) is 0 Å². The molecule has 11 nitrogen and oxygen atoms in total. The Kier molecular flexibility index (Phi) is 9.95. The largest absolute Gasteiger partial charge is 0.504 e. The third kappa shape index (κ3) is 8.06. The number of rotatable bonds is 14. The van der Waals surface area contributed by atoms with Crippen molar-refractivity contribution < 1.29 is 38.8 Å². The summed E-state index contributed by atoms with van der Waals surface area (Å²) in [4.78, 5) is 40.5.